The van der Waals surface area contributed by atoms with Crippen LogP contribution in [0, 0.1) is 0 Å². The van der Waals surface area contributed by atoms with Crippen LogP contribution in [0.25, 0.3) is 0 Å². The van der Waals surface area contributed by atoms with Gasteiger partial charge in [0.05, 0.1) is 25.4 Å². The first-order valence-corrected chi connectivity index (χ1v) is 30.4. The third-order valence-electron chi connectivity index (χ3n) is 13.8. The molecule has 1 amide bonds. The van der Waals surface area contributed by atoms with Crippen molar-refractivity contribution in [1.82, 2.24) is 5.32 Å². The van der Waals surface area contributed by atoms with E-state index in [1.54, 1.807) is 6.08 Å². The maximum atomic E-state index is 12.5. The fourth-order valence-electron chi connectivity index (χ4n) is 9.15. The Balaban J connectivity index is 3.55. The van der Waals surface area contributed by atoms with Gasteiger partial charge in [0.25, 0.3) is 0 Å². The zero-order chi connectivity index (χ0) is 50.0. The molecule has 0 aromatic heterocycles. The van der Waals surface area contributed by atoms with Crippen molar-refractivity contribution in [2.24, 2.45) is 0 Å². The summed E-state index contributed by atoms with van der Waals surface area (Å²) in [6, 6.07) is -0.647. The van der Waals surface area contributed by atoms with Gasteiger partial charge in [0.15, 0.2) is 0 Å². The van der Waals surface area contributed by atoms with Gasteiger partial charge >= 0.3 is 5.97 Å². The lowest BCUT2D eigenvalue weighted by atomic mass is 10.0. The summed E-state index contributed by atoms with van der Waals surface area (Å²) in [7, 11) is 0. The van der Waals surface area contributed by atoms with Gasteiger partial charge in [0.2, 0.25) is 5.91 Å². The fraction of sp³-hybridized carbons (Fsp3) is 0.841. The Bertz CT molecular complexity index is 1160. The molecule has 0 spiro atoms. The predicted molar refractivity (Wildman–Crippen MR) is 301 cm³/mol. The molecule has 0 aliphatic carbocycles. The Morgan fingerprint density at radius 1 is 0.406 bits per heavy atom. The number of hydrogen-bond acceptors (Lipinski definition) is 5. The van der Waals surface area contributed by atoms with E-state index in [4.69, 9.17) is 4.74 Å². The highest BCUT2D eigenvalue weighted by Gasteiger charge is 2.18. The number of nitrogens with one attached hydrogen (secondary N) is 1. The molecule has 0 aromatic carbocycles. The number of rotatable bonds is 56. The van der Waals surface area contributed by atoms with E-state index < -0.39 is 12.1 Å². The van der Waals surface area contributed by atoms with E-state index >= 15 is 0 Å². The molecule has 0 radical (unpaired) electrons. The van der Waals surface area contributed by atoms with E-state index in [0.717, 1.165) is 77.0 Å². The number of hydrogen-bond donors (Lipinski definition) is 3. The summed E-state index contributed by atoms with van der Waals surface area (Å²) in [6.07, 6.45) is 74.3. The van der Waals surface area contributed by atoms with E-state index in [0.29, 0.717) is 19.4 Å². The monoisotopic (exact) mass is 968 g/mol. The van der Waals surface area contributed by atoms with Gasteiger partial charge in [0, 0.05) is 12.8 Å². The number of esters is 1. The molecule has 0 saturated heterocycles. The average molecular weight is 969 g/mol. The Kier molecular flexibility index (Phi) is 56.5. The molecule has 6 nitrogen and oxygen atoms in total. The molecular weight excluding hydrogens is 851 g/mol. The first-order chi connectivity index (χ1) is 34.0. The molecular formula is C63H117NO5. The number of ether oxygens (including phenoxy) is 1. The van der Waals surface area contributed by atoms with Gasteiger partial charge in [0.1, 0.15) is 0 Å². The van der Waals surface area contributed by atoms with Crippen molar-refractivity contribution in [2.45, 2.75) is 328 Å². The zero-order valence-electron chi connectivity index (χ0n) is 46.0. The second-order valence-electron chi connectivity index (χ2n) is 20.7. The lowest BCUT2D eigenvalue weighted by molar-refractivity contribution is -0.143. The molecule has 0 rings (SSSR count). The second-order valence-corrected chi connectivity index (χ2v) is 20.7. The second kappa shape index (κ2) is 58.4. The van der Waals surface area contributed by atoms with Crippen LogP contribution in [0.15, 0.2) is 48.6 Å². The minimum atomic E-state index is -0.861. The van der Waals surface area contributed by atoms with Crippen LogP contribution in [0.3, 0.4) is 0 Å². The molecule has 0 bridgehead atoms. The third-order valence-corrected chi connectivity index (χ3v) is 13.8. The van der Waals surface area contributed by atoms with Crippen LogP contribution in [-0.4, -0.2) is 47.4 Å². The van der Waals surface area contributed by atoms with Crippen molar-refractivity contribution in [3.63, 3.8) is 0 Å². The van der Waals surface area contributed by atoms with Gasteiger partial charge in [-0.15, -0.1) is 0 Å². The summed E-state index contributed by atoms with van der Waals surface area (Å²) in [5, 5.41) is 23.2. The molecule has 404 valence electrons. The Morgan fingerprint density at radius 2 is 0.725 bits per heavy atom. The van der Waals surface area contributed by atoms with E-state index in [1.165, 1.54) is 212 Å². The number of allylic oxidation sites excluding steroid dienone is 7. The summed E-state index contributed by atoms with van der Waals surface area (Å²) in [6.45, 7) is 4.84. The molecule has 0 aliphatic heterocycles. The van der Waals surface area contributed by atoms with Crippen molar-refractivity contribution in [3.05, 3.63) is 48.6 Å². The van der Waals surface area contributed by atoms with E-state index in [9.17, 15) is 19.8 Å². The van der Waals surface area contributed by atoms with Crippen molar-refractivity contribution in [1.29, 1.82) is 0 Å². The molecule has 6 heteroatoms. The summed E-state index contributed by atoms with van der Waals surface area (Å²) in [5.41, 5.74) is 0. The van der Waals surface area contributed by atoms with E-state index in [2.05, 4.69) is 55.6 Å². The topological polar surface area (TPSA) is 95.9 Å². The van der Waals surface area contributed by atoms with Crippen molar-refractivity contribution in [3.8, 4) is 0 Å². The van der Waals surface area contributed by atoms with Gasteiger partial charge in [-0.2, -0.15) is 0 Å². The van der Waals surface area contributed by atoms with Crippen LogP contribution >= 0.6 is 0 Å². The first kappa shape index (κ1) is 66.8. The number of aliphatic hydroxyl groups excluding tert-OH is 2. The molecule has 0 saturated carbocycles. The Hall–Kier alpha value is -2.18. The third kappa shape index (κ3) is 55.0. The van der Waals surface area contributed by atoms with Gasteiger partial charge < -0.3 is 20.3 Å². The maximum Gasteiger partial charge on any atom is 0.305 e. The standard InChI is InChI=1S/C63H117NO5/c1-3-5-7-9-11-13-15-17-18-19-20-21-22-23-24-25-26-28-32-35-39-43-47-51-55-61(66)60(59-65)64-62(67)56-52-48-44-40-36-33-29-27-30-34-38-42-46-50-54-58-69-63(68)57-53-49-45-41-37-31-16-14-12-10-8-6-4-2/h14,16,27,30,34,38,51,55,60-61,65-66H,3-13,15,17-26,28-29,31-33,35-37,39-50,52-54,56-59H2,1-2H3,(H,64,67)/b16-14-,30-27-,38-34-,55-51+. The van der Waals surface area contributed by atoms with Crippen LogP contribution in [-0.2, 0) is 14.3 Å². The summed E-state index contributed by atoms with van der Waals surface area (Å²) >= 11 is 0. The van der Waals surface area contributed by atoms with Crippen molar-refractivity contribution in [2.75, 3.05) is 13.2 Å². The number of amides is 1. The zero-order valence-corrected chi connectivity index (χ0v) is 46.0. The van der Waals surface area contributed by atoms with Crippen molar-refractivity contribution < 1.29 is 24.5 Å². The molecule has 0 aromatic rings. The van der Waals surface area contributed by atoms with Crippen LogP contribution in [0.4, 0.5) is 0 Å². The average Bonchev–Trinajstić information content (AvgIpc) is 3.35. The summed E-state index contributed by atoms with van der Waals surface area (Å²) in [5.74, 6) is -0.121. The van der Waals surface area contributed by atoms with Crippen molar-refractivity contribution >= 4 is 11.9 Å². The SMILES string of the molecule is CCCCCC/C=C\CCCCCCCC(=O)OCCCCC/C=C\C=C/CCCCCCCCC(=O)NC(CO)C(O)/C=C/CCCCCCCCCCCCCCCCCCCCCCCC. The van der Waals surface area contributed by atoms with Crippen LogP contribution in [0.5, 0.6) is 0 Å². The lowest BCUT2D eigenvalue weighted by Crippen LogP contribution is -2.45. The first-order valence-electron chi connectivity index (χ1n) is 30.4. The molecule has 69 heavy (non-hydrogen) atoms. The van der Waals surface area contributed by atoms with Crippen LogP contribution in [0.1, 0.15) is 316 Å². The van der Waals surface area contributed by atoms with E-state index in [-0.39, 0.29) is 18.5 Å². The normalized spacial score (nSPS) is 12.9. The Labute approximate surface area is 429 Å². The minimum absolute atomic E-state index is 0.0321. The minimum Gasteiger partial charge on any atom is -0.466 e. The number of carbonyl (C=O) groups excluding carboxylic acids is 2. The molecule has 3 N–H and O–H groups in total. The summed E-state index contributed by atoms with van der Waals surface area (Å²) in [4.78, 5) is 24.5. The molecule has 2 atom stereocenters. The number of carbonyl (C=O) groups is 2. The summed E-state index contributed by atoms with van der Waals surface area (Å²) < 4.78 is 5.44. The molecule has 0 heterocycles. The number of unbranched alkanes of at least 4 members (excludes halogenated alkanes) is 40. The van der Waals surface area contributed by atoms with Crippen LogP contribution < -0.4 is 5.32 Å². The van der Waals surface area contributed by atoms with Gasteiger partial charge in [-0.1, -0.05) is 262 Å². The molecule has 0 fully saturated rings. The number of aliphatic hydroxyl groups is 2. The highest BCUT2D eigenvalue weighted by Crippen LogP contribution is 2.17. The van der Waals surface area contributed by atoms with Gasteiger partial charge in [-0.05, 0) is 89.9 Å². The Morgan fingerprint density at radius 3 is 1.13 bits per heavy atom. The fourth-order valence-corrected chi connectivity index (χ4v) is 9.15. The smallest absolute Gasteiger partial charge is 0.305 e. The lowest BCUT2D eigenvalue weighted by Gasteiger charge is -2.20. The predicted octanol–water partition coefficient (Wildman–Crippen LogP) is 19.0. The maximum absolute atomic E-state index is 12.5. The molecule has 0 aliphatic rings. The molecule has 2 unspecified atom stereocenters. The highest BCUT2D eigenvalue weighted by atomic mass is 16.5. The quantitative estimate of drug-likeness (QED) is 0.0244. The largest absolute Gasteiger partial charge is 0.466 e. The van der Waals surface area contributed by atoms with Crippen LogP contribution in [0.2, 0.25) is 0 Å². The van der Waals surface area contributed by atoms with Gasteiger partial charge in [-0.3, -0.25) is 9.59 Å². The highest BCUT2D eigenvalue weighted by molar-refractivity contribution is 5.76. The van der Waals surface area contributed by atoms with E-state index in [1.807, 2.05) is 6.08 Å². The van der Waals surface area contributed by atoms with Gasteiger partial charge in [-0.25, -0.2) is 0 Å².